The van der Waals surface area contributed by atoms with Gasteiger partial charge in [0, 0.05) is 12.6 Å². The van der Waals surface area contributed by atoms with E-state index < -0.39 is 32.6 Å². The molecule has 0 amide bonds. The molecular weight excluding hydrogens is 274 g/mol. The number of sulfonamides is 1. The molecule has 0 aliphatic rings. The number of hydrogen-bond acceptors (Lipinski definition) is 3. The van der Waals surface area contributed by atoms with Gasteiger partial charge in [-0.1, -0.05) is 0 Å². The zero-order chi connectivity index (χ0) is 12.3. The quantitative estimate of drug-likeness (QED) is 0.868. The molecule has 3 N–H and O–H groups in total. The number of benzene rings is 1. The molecule has 0 bridgehead atoms. The molecule has 0 unspecified atom stereocenters. The first-order valence-electron chi connectivity index (χ1n) is 4.54. The highest BCUT2D eigenvalue weighted by atomic mass is 35.5. The Kier molecular flexibility index (Phi) is 5.97. The zero-order valence-electron chi connectivity index (χ0n) is 8.98. The molecule has 1 atom stereocenters. The van der Waals surface area contributed by atoms with Crippen molar-refractivity contribution >= 4 is 22.4 Å². The number of hydrogen-bond donors (Lipinski definition) is 2. The third-order valence-electron chi connectivity index (χ3n) is 1.89. The average molecular weight is 287 g/mol. The Morgan fingerprint density at radius 1 is 1.41 bits per heavy atom. The van der Waals surface area contributed by atoms with Gasteiger partial charge in [0.15, 0.2) is 0 Å². The minimum Gasteiger partial charge on any atom is -0.329 e. The maximum absolute atomic E-state index is 13.2. The second-order valence-electron chi connectivity index (χ2n) is 3.33. The van der Waals surface area contributed by atoms with E-state index in [0.717, 1.165) is 12.1 Å². The van der Waals surface area contributed by atoms with Gasteiger partial charge in [0.1, 0.15) is 16.5 Å². The average Bonchev–Trinajstić information content (AvgIpc) is 2.20. The van der Waals surface area contributed by atoms with Crippen molar-refractivity contribution < 1.29 is 17.2 Å². The summed E-state index contributed by atoms with van der Waals surface area (Å²) in [5.41, 5.74) is 5.23. The Balaban J connectivity index is 0.00000256. The van der Waals surface area contributed by atoms with Crippen LogP contribution < -0.4 is 10.5 Å². The second kappa shape index (κ2) is 6.25. The number of nitrogens with one attached hydrogen (secondary N) is 1. The Morgan fingerprint density at radius 2 is 2.00 bits per heavy atom. The van der Waals surface area contributed by atoms with Gasteiger partial charge in [0.2, 0.25) is 10.0 Å². The molecule has 4 nitrogen and oxygen atoms in total. The fraction of sp³-hybridized carbons (Fsp3) is 0.333. The predicted molar refractivity (Wildman–Crippen MR) is 62.4 cm³/mol. The summed E-state index contributed by atoms with van der Waals surface area (Å²) in [6.07, 6.45) is 0. The van der Waals surface area contributed by atoms with Crippen LogP contribution in [0.3, 0.4) is 0 Å². The van der Waals surface area contributed by atoms with E-state index in [4.69, 9.17) is 5.73 Å². The van der Waals surface area contributed by atoms with Crippen LogP contribution in [-0.2, 0) is 10.0 Å². The third kappa shape index (κ3) is 4.19. The first kappa shape index (κ1) is 16.2. The third-order valence-corrected chi connectivity index (χ3v) is 3.50. The fourth-order valence-electron chi connectivity index (χ4n) is 1.06. The molecule has 0 fully saturated rings. The van der Waals surface area contributed by atoms with E-state index in [1.54, 1.807) is 0 Å². The summed E-state index contributed by atoms with van der Waals surface area (Å²) in [5, 5.41) is 0. The summed E-state index contributed by atoms with van der Waals surface area (Å²) >= 11 is 0. The van der Waals surface area contributed by atoms with Crippen LogP contribution in [0, 0.1) is 11.6 Å². The highest BCUT2D eigenvalue weighted by Crippen LogP contribution is 2.15. The molecule has 0 aliphatic carbocycles. The lowest BCUT2D eigenvalue weighted by Gasteiger charge is -2.12. The lowest BCUT2D eigenvalue weighted by atomic mass is 10.3. The standard InChI is InChI=1S/C9H12F2N2O2S.ClH/c1-6(5-12)13-16(14,15)9-4-7(10)2-3-8(9)11;/h2-4,6,13H,5,12H2,1H3;1H/t6-;/m1./s1. The smallest absolute Gasteiger partial charge is 0.243 e. The van der Waals surface area contributed by atoms with Gasteiger partial charge in [-0.05, 0) is 25.1 Å². The van der Waals surface area contributed by atoms with E-state index in [1.807, 2.05) is 0 Å². The summed E-state index contributed by atoms with van der Waals surface area (Å²) in [6, 6.07) is 1.69. The van der Waals surface area contributed by atoms with Crippen molar-refractivity contribution in [3.05, 3.63) is 29.8 Å². The molecule has 0 saturated carbocycles. The summed E-state index contributed by atoms with van der Waals surface area (Å²) in [4.78, 5) is -0.715. The van der Waals surface area contributed by atoms with Gasteiger partial charge in [-0.3, -0.25) is 0 Å². The van der Waals surface area contributed by atoms with Gasteiger partial charge in [-0.25, -0.2) is 21.9 Å². The Labute approximate surface area is 105 Å². The maximum Gasteiger partial charge on any atom is 0.243 e. The van der Waals surface area contributed by atoms with Crippen LogP contribution in [0.4, 0.5) is 8.78 Å². The highest BCUT2D eigenvalue weighted by Gasteiger charge is 2.21. The molecule has 0 aliphatic heterocycles. The SMILES string of the molecule is C[C@H](CN)NS(=O)(=O)c1cc(F)ccc1F.Cl. The number of nitrogens with two attached hydrogens (primary N) is 1. The van der Waals surface area contributed by atoms with Crippen LogP contribution in [0.5, 0.6) is 0 Å². The number of rotatable bonds is 4. The summed E-state index contributed by atoms with van der Waals surface area (Å²) < 4.78 is 51.3. The van der Waals surface area contributed by atoms with Crippen molar-refractivity contribution in [1.29, 1.82) is 0 Å². The van der Waals surface area contributed by atoms with Crippen molar-refractivity contribution in [2.75, 3.05) is 6.54 Å². The lowest BCUT2D eigenvalue weighted by Crippen LogP contribution is -2.38. The largest absolute Gasteiger partial charge is 0.329 e. The van der Waals surface area contributed by atoms with Crippen LogP contribution in [0.15, 0.2) is 23.1 Å². The topological polar surface area (TPSA) is 72.2 Å². The van der Waals surface area contributed by atoms with E-state index >= 15 is 0 Å². The van der Waals surface area contributed by atoms with E-state index in [-0.39, 0.29) is 19.0 Å². The van der Waals surface area contributed by atoms with Gasteiger partial charge in [0.25, 0.3) is 0 Å². The Morgan fingerprint density at radius 3 is 2.53 bits per heavy atom. The molecule has 1 aromatic carbocycles. The van der Waals surface area contributed by atoms with E-state index in [0.29, 0.717) is 6.07 Å². The Hall–Kier alpha value is -0.760. The lowest BCUT2D eigenvalue weighted by molar-refractivity contribution is 0.536. The van der Waals surface area contributed by atoms with Crippen LogP contribution in [0.25, 0.3) is 0 Å². The van der Waals surface area contributed by atoms with Crippen molar-refractivity contribution in [3.8, 4) is 0 Å². The minimum absolute atomic E-state index is 0. The molecule has 0 heterocycles. The van der Waals surface area contributed by atoms with Crippen LogP contribution in [-0.4, -0.2) is 21.0 Å². The molecular formula is C9H13ClF2N2O2S. The minimum atomic E-state index is -4.07. The van der Waals surface area contributed by atoms with Crippen LogP contribution >= 0.6 is 12.4 Å². The summed E-state index contributed by atoms with van der Waals surface area (Å²) in [6.45, 7) is 1.59. The molecule has 17 heavy (non-hydrogen) atoms. The van der Waals surface area contributed by atoms with Gasteiger partial charge >= 0.3 is 0 Å². The predicted octanol–water partition coefficient (Wildman–Crippen LogP) is 1.01. The highest BCUT2D eigenvalue weighted by molar-refractivity contribution is 7.89. The van der Waals surface area contributed by atoms with Crippen molar-refractivity contribution in [1.82, 2.24) is 4.72 Å². The van der Waals surface area contributed by atoms with Crippen LogP contribution in [0.1, 0.15) is 6.92 Å². The van der Waals surface area contributed by atoms with Gasteiger partial charge in [-0.2, -0.15) is 0 Å². The first-order chi connectivity index (χ1) is 7.36. The van der Waals surface area contributed by atoms with Crippen molar-refractivity contribution in [2.24, 2.45) is 5.73 Å². The van der Waals surface area contributed by atoms with Gasteiger partial charge in [0.05, 0.1) is 0 Å². The second-order valence-corrected chi connectivity index (χ2v) is 5.02. The van der Waals surface area contributed by atoms with Gasteiger partial charge < -0.3 is 5.73 Å². The molecule has 0 saturated heterocycles. The van der Waals surface area contributed by atoms with E-state index in [9.17, 15) is 17.2 Å². The zero-order valence-corrected chi connectivity index (χ0v) is 10.6. The molecule has 8 heteroatoms. The molecule has 98 valence electrons. The van der Waals surface area contributed by atoms with Crippen molar-refractivity contribution in [2.45, 2.75) is 17.9 Å². The normalized spacial score (nSPS) is 12.9. The maximum atomic E-state index is 13.2. The molecule has 1 rings (SSSR count). The molecule has 0 spiro atoms. The van der Waals surface area contributed by atoms with E-state index in [1.165, 1.54) is 6.92 Å². The monoisotopic (exact) mass is 286 g/mol. The molecule has 1 aromatic rings. The van der Waals surface area contributed by atoms with Crippen LogP contribution in [0.2, 0.25) is 0 Å². The summed E-state index contributed by atoms with van der Waals surface area (Å²) in [5.74, 6) is -1.82. The molecule has 0 radical (unpaired) electrons. The van der Waals surface area contributed by atoms with Gasteiger partial charge in [-0.15, -0.1) is 12.4 Å². The number of halogens is 3. The molecule has 0 aromatic heterocycles. The first-order valence-corrected chi connectivity index (χ1v) is 6.02. The van der Waals surface area contributed by atoms with Crippen molar-refractivity contribution in [3.63, 3.8) is 0 Å². The van der Waals surface area contributed by atoms with E-state index in [2.05, 4.69) is 4.72 Å². The summed E-state index contributed by atoms with van der Waals surface area (Å²) in [7, 11) is -4.07. The Bertz CT molecular complexity index is 482. The fourth-order valence-corrected chi connectivity index (χ4v) is 2.40.